The largest absolute Gasteiger partial charge is 0.383 e. The standard InChI is InChI=1S/C16H25N3OS/c1-11-12(2)21-16-15(17-13(3)19(11)16)14-6-5-7-18(10-14)8-9-20-4/h14H,5-10H2,1-4H3/t14-/m0/s1. The van der Waals surface area contributed by atoms with Crippen molar-refractivity contribution in [3.05, 3.63) is 22.1 Å². The zero-order chi connectivity index (χ0) is 15.0. The van der Waals surface area contributed by atoms with Crippen LogP contribution in [0.1, 0.15) is 40.8 Å². The number of aromatic nitrogens is 2. The molecule has 3 heterocycles. The second kappa shape index (κ2) is 6.07. The maximum absolute atomic E-state index is 5.22. The van der Waals surface area contributed by atoms with Gasteiger partial charge in [-0.1, -0.05) is 0 Å². The third-order valence-corrected chi connectivity index (χ3v) is 5.81. The molecule has 1 atom stereocenters. The molecule has 21 heavy (non-hydrogen) atoms. The van der Waals surface area contributed by atoms with Gasteiger partial charge in [-0.05, 0) is 40.2 Å². The van der Waals surface area contributed by atoms with Crippen LogP contribution in [0.25, 0.3) is 4.83 Å². The molecule has 0 aromatic carbocycles. The molecule has 0 spiro atoms. The third kappa shape index (κ3) is 2.74. The minimum Gasteiger partial charge on any atom is -0.383 e. The molecule has 3 rings (SSSR count). The lowest BCUT2D eigenvalue weighted by molar-refractivity contribution is 0.128. The Morgan fingerprint density at radius 1 is 1.33 bits per heavy atom. The van der Waals surface area contributed by atoms with E-state index in [0.29, 0.717) is 5.92 Å². The first kappa shape index (κ1) is 15.0. The fourth-order valence-corrected chi connectivity index (χ4v) is 4.58. The van der Waals surface area contributed by atoms with Crippen molar-refractivity contribution in [1.29, 1.82) is 0 Å². The summed E-state index contributed by atoms with van der Waals surface area (Å²) in [4.78, 5) is 10.2. The molecule has 0 saturated carbocycles. The van der Waals surface area contributed by atoms with Crippen LogP contribution in [0.5, 0.6) is 0 Å². The van der Waals surface area contributed by atoms with Crippen LogP contribution in [0, 0.1) is 20.8 Å². The highest BCUT2D eigenvalue weighted by molar-refractivity contribution is 7.17. The van der Waals surface area contributed by atoms with Crippen LogP contribution in [-0.2, 0) is 4.74 Å². The molecule has 0 amide bonds. The van der Waals surface area contributed by atoms with Gasteiger partial charge in [-0.3, -0.25) is 4.40 Å². The lowest BCUT2D eigenvalue weighted by atomic mass is 9.95. The minimum absolute atomic E-state index is 0.566. The molecule has 116 valence electrons. The lowest BCUT2D eigenvalue weighted by Gasteiger charge is -2.31. The van der Waals surface area contributed by atoms with E-state index in [9.17, 15) is 0 Å². The van der Waals surface area contributed by atoms with E-state index in [1.807, 2.05) is 11.3 Å². The second-order valence-corrected chi connectivity index (χ2v) is 7.26. The molecule has 0 N–H and O–H groups in total. The highest BCUT2D eigenvalue weighted by Crippen LogP contribution is 2.34. The van der Waals surface area contributed by atoms with Gasteiger partial charge in [0.05, 0.1) is 12.3 Å². The zero-order valence-electron chi connectivity index (χ0n) is 13.5. The molecule has 2 aromatic heterocycles. The van der Waals surface area contributed by atoms with Crippen molar-refractivity contribution in [2.45, 2.75) is 39.5 Å². The van der Waals surface area contributed by atoms with Crippen LogP contribution < -0.4 is 0 Å². The predicted octanol–water partition coefficient (Wildman–Crippen LogP) is 3.15. The average Bonchev–Trinajstić information content (AvgIpc) is 2.96. The molecule has 4 nitrogen and oxygen atoms in total. The monoisotopic (exact) mass is 307 g/mol. The van der Waals surface area contributed by atoms with Crippen molar-refractivity contribution in [2.75, 3.05) is 33.4 Å². The van der Waals surface area contributed by atoms with Crippen molar-refractivity contribution in [2.24, 2.45) is 0 Å². The van der Waals surface area contributed by atoms with Gasteiger partial charge in [-0.15, -0.1) is 11.3 Å². The van der Waals surface area contributed by atoms with Gasteiger partial charge in [0.25, 0.3) is 0 Å². The SMILES string of the molecule is COCCN1CCC[C@H](c2nc(C)n3c(C)c(C)sc23)C1. The Labute approximate surface area is 130 Å². The van der Waals surface area contributed by atoms with Gasteiger partial charge in [-0.25, -0.2) is 4.98 Å². The summed E-state index contributed by atoms with van der Waals surface area (Å²) in [5.41, 5.74) is 2.66. The normalized spacial score (nSPS) is 20.5. The third-order valence-electron chi connectivity index (χ3n) is 4.63. The van der Waals surface area contributed by atoms with Crippen molar-refractivity contribution in [3.8, 4) is 0 Å². The topological polar surface area (TPSA) is 29.8 Å². The molecule has 0 aliphatic carbocycles. The van der Waals surface area contributed by atoms with E-state index >= 15 is 0 Å². The van der Waals surface area contributed by atoms with Gasteiger partial charge < -0.3 is 9.64 Å². The number of nitrogens with zero attached hydrogens (tertiary/aromatic N) is 3. The number of likely N-dealkylation sites (tertiary alicyclic amines) is 1. The number of rotatable bonds is 4. The van der Waals surface area contributed by atoms with Gasteiger partial charge in [0.2, 0.25) is 0 Å². The molecule has 2 aromatic rings. The van der Waals surface area contributed by atoms with Crippen LogP contribution in [0.3, 0.4) is 0 Å². The number of hydrogen-bond acceptors (Lipinski definition) is 4. The summed E-state index contributed by atoms with van der Waals surface area (Å²) < 4.78 is 7.56. The Kier molecular flexibility index (Phi) is 4.33. The molecule has 0 radical (unpaired) electrons. The first-order valence-corrected chi connectivity index (χ1v) is 8.59. The number of piperidine rings is 1. The van der Waals surface area contributed by atoms with Crippen molar-refractivity contribution in [3.63, 3.8) is 0 Å². The Hall–Kier alpha value is -0.910. The summed E-state index contributed by atoms with van der Waals surface area (Å²) in [6, 6.07) is 0. The maximum Gasteiger partial charge on any atom is 0.123 e. The van der Waals surface area contributed by atoms with Crippen molar-refractivity contribution < 1.29 is 4.74 Å². The van der Waals surface area contributed by atoms with E-state index in [2.05, 4.69) is 30.1 Å². The average molecular weight is 307 g/mol. The summed E-state index contributed by atoms with van der Waals surface area (Å²) in [6.07, 6.45) is 2.52. The molecule has 1 fully saturated rings. The minimum atomic E-state index is 0.566. The van der Waals surface area contributed by atoms with Gasteiger partial charge >= 0.3 is 0 Å². The molecule has 1 aliphatic rings. The number of thiazole rings is 1. The van der Waals surface area contributed by atoms with E-state index in [1.165, 1.54) is 40.5 Å². The van der Waals surface area contributed by atoms with Gasteiger partial charge in [0.1, 0.15) is 10.7 Å². The number of fused-ring (bicyclic) bond motifs is 1. The maximum atomic E-state index is 5.22. The Morgan fingerprint density at radius 3 is 2.90 bits per heavy atom. The molecule has 0 unspecified atom stereocenters. The van der Waals surface area contributed by atoms with Crippen LogP contribution in [0.2, 0.25) is 0 Å². The van der Waals surface area contributed by atoms with E-state index in [-0.39, 0.29) is 0 Å². The number of hydrogen-bond donors (Lipinski definition) is 0. The van der Waals surface area contributed by atoms with Crippen molar-refractivity contribution in [1.82, 2.24) is 14.3 Å². The molecular formula is C16H25N3OS. The fraction of sp³-hybridized carbons (Fsp3) is 0.688. The van der Waals surface area contributed by atoms with E-state index in [1.54, 1.807) is 7.11 Å². The number of ether oxygens (including phenoxy) is 1. The molecule has 1 aliphatic heterocycles. The smallest absolute Gasteiger partial charge is 0.123 e. The summed E-state index contributed by atoms with van der Waals surface area (Å²) in [5.74, 6) is 1.70. The number of aryl methyl sites for hydroxylation is 3. The first-order chi connectivity index (χ1) is 10.1. The molecule has 5 heteroatoms. The predicted molar refractivity (Wildman–Crippen MR) is 87.6 cm³/mol. The quantitative estimate of drug-likeness (QED) is 0.869. The highest BCUT2D eigenvalue weighted by Gasteiger charge is 2.26. The van der Waals surface area contributed by atoms with E-state index in [0.717, 1.165) is 25.5 Å². The van der Waals surface area contributed by atoms with Crippen molar-refractivity contribution >= 4 is 16.2 Å². The molecule has 0 bridgehead atoms. The second-order valence-electron chi connectivity index (χ2n) is 6.06. The van der Waals surface area contributed by atoms with Crippen LogP contribution in [0.15, 0.2) is 0 Å². The summed E-state index contributed by atoms with van der Waals surface area (Å²) >= 11 is 1.90. The summed E-state index contributed by atoms with van der Waals surface area (Å²) in [6.45, 7) is 10.7. The Morgan fingerprint density at radius 2 is 2.14 bits per heavy atom. The van der Waals surface area contributed by atoms with Gasteiger partial charge in [0.15, 0.2) is 0 Å². The van der Waals surface area contributed by atoms with Gasteiger partial charge in [-0.2, -0.15) is 0 Å². The van der Waals surface area contributed by atoms with Gasteiger partial charge in [0, 0.05) is 36.7 Å². The summed E-state index contributed by atoms with van der Waals surface area (Å²) in [5, 5.41) is 0. The fourth-order valence-electron chi connectivity index (χ4n) is 3.37. The van der Waals surface area contributed by atoms with Crippen LogP contribution in [-0.4, -0.2) is 47.6 Å². The lowest BCUT2D eigenvalue weighted by Crippen LogP contribution is -2.36. The van der Waals surface area contributed by atoms with Crippen LogP contribution >= 0.6 is 11.3 Å². The van der Waals surface area contributed by atoms with Crippen LogP contribution in [0.4, 0.5) is 0 Å². The zero-order valence-corrected chi connectivity index (χ0v) is 14.3. The highest BCUT2D eigenvalue weighted by atomic mass is 32.1. The molecular weight excluding hydrogens is 282 g/mol. The molecule has 1 saturated heterocycles. The summed E-state index contributed by atoms with van der Waals surface area (Å²) in [7, 11) is 1.78. The van der Waals surface area contributed by atoms with E-state index < -0.39 is 0 Å². The number of imidazole rings is 1. The van der Waals surface area contributed by atoms with E-state index in [4.69, 9.17) is 9.72 Å². The Bertz CT molecular complexity index is 631. The number of methoxy groups -OCH3 is 1. The first-order valence-electron chi connectivity index (χ1n) is 7.78. The Balaban J connectivity index is 1.88.